The fourth-order valence-electron chi connectivity index (χ4n) is 12.4. The number of rotatable bonds is 6. The van der Waals surface area contributed by atoms with Crippen molar-refractivity contribution in [2.24, 2.45) is 0 Å². The van der Waals surface area contributed by atoms with E-state index in [4.69, 9.17) is 9.15 Å². The lowest BCUT2D eigenvalue weighted by molar-refractivity contribution is 0.266. The van der Waals surface area contributed by atoms with Gasteiger partial charge in [0.05, 0.1) is 5.92 Å². The quantitative estimate of drug-likeness (QED) is 0.166. The Balaban J connectivity index is 0.930. The highest BCUT2D eigenvalue weighted by Gasteiger charge is 2.41. The van der Waals surface area contributed by atoms with Gasteiger partial charge in [-0.05, 0) is 133 Å². The highest BCUT2D eigenvalue weighted by atomic mass is 16.5. The van der Waals surface area contributed by atoms with Crippen LogP contribution in [-0.2, 0) is 10.8 Å². The second-order valence-electron chi connectivity index (χ2n) is 20.3. The van der Waals surface area contributed by atoms with E-state index in [1.807, 2.05) is 0 Å². The van der Waals surface area contributed by atoms with Gasteiger partial charge in [0.2, 0.25) is 0 Å². The third-order valence-electron chi connectivity index (χ3n) is 15.9. The van der Waals surface area contributed by atoms with Crippen LogP contribution in [-0.4, -0.2) is 6.10 Å². The molecule has 69 heavy (non-hydrogen) atoms. The summed E-state index contributed by atoms with van der Waals surface area (Å²) in [7, 11) is 0. The molecule has 1 aliphatic heterocycles. The number of ether oxygens (including phenoxy) is 1. The van der Waals surface area contributed by atoms with Gasteiger partial charge in [-0.15, -0.1) is 0 Å². The van der Waals surface area contributed by atoms with Gasteiger partial charge in [0.25, 0.3) is 0 Å². The van der Waals surface area contributed by atoms with Crippen LogP contribution >= 0.6 is 0 Å². The standard InChI is InChI=1S/C66H49NO2/c1-65(2)54-19-11-8-16-48(54)50-32-26-43(38-56(50)65)61-47(34-35-53-63-60(69-64(53)61)37-36-59-62(63)52-18-10-13-21-58(52)68-59)42-24-29-45(30-25-42)67(44-27-22-41(23-28-44)40-14-6-5-7-15-40)46-31-33-51-49-17-9-12-20-55(49)66(3,4)57(51)39-46/h5-39,59,62H,1-4H3. The van der Waals surface area contributed by atoms with E-state index in [2.05, 4.69) is 245 Å². The second kappa shape index (κ2) is 14.7. The zero-order chi connectivity index (χ0) is 46.2. The van der Waals surface area contributed by atoms with E-state index in [1.165, 1.54) is 66.8 Å². The van der Waals surface area contributed by atoms with Crippen molar-refractivity contribution in [2.45, 2.75) is 50.5 Å². The van der Waals surface area contributed by atoms with E-state index in [-0.39, 0.29) is 22.9 Å². The number of anilines is 3. The summed E-state index contributed by atoms with van der Waals surface area (Å²) >= 11 is 0. The van der Waals surface area contributed by atoms with Crippen molar-refractivity contribution in [3.8, 4) is 61.4 Å². The Morgan fingerprint density at radius 2 is 0.971 bits per heavy atom. The average Bonchev–Trinajstić information content (AvgIpc) is 4.09. The minimum Gasteiger partial charge on any atom is -0.485 e. The minimum absolute atomic E-state index is 0.0561. The Morgan fingerprint density at radius 1 is 0.435 bits per heavy atom. The second-order valence-corrected chi connectivity index (χ2v) is 20.3. The largest absolute Gasteiger partial charge is 0.485 e. The monoisotopic (exact) mass is 887 g/mol. The van der Waals surface area contributed by atoms with Gasteiger partial charge in [0.15, 0.2) is 0 Å². The topological polar surface area (TPSA) is 25.6 Å². The van der Waals surface area contributed by atoms with Crippen LogP contribution < -0.4 is 9.64 Å². The van der Waals surface area contributed by atoms with Gasteiger partial charge in [-0.2, -0.15) is 0 Å². The third kappa shape index (κ3) is 5.86. The Morgan fingerprint density at radius 3 is 1.68 bits per heavy atom. The zero-order valence-corrected chi connectivity index (χ0v) is 39.1. The molecule has 0 bridgehead atoms. The lowest BCUT2D eigenvalue weighted by atomic mass is 9.80. The normalized spacial score (nSPS) is 17.0. The smallest absolute Gasteiger partial charge is 0.143 e. The molecule has 1 aromatic heterocycles. The highest BCUT2D eigenvalue weighted by Crippen LogP contribution is 2.55. The molecule has 9 aromatic carbocycles. The summed E-state index contributed by atoms with van der Waals surface area (Å²) in [6, 6.07) is 73.8. The zero-order valence-electron chi connectivity index (χ0n) is 39.1. The maximum Gasteiger partial charge on any atom is 0.143 e. The molecule has 0 radical (unpaired) electrons. The van der Waals surface area contributed by atoms with Crippen molar-refractivity contribution >= 4 is 34.1 Å². The number of para-hydroxylation sites is 1. The molecule has 0 saturated carbocycles. The molecule has 330 valence electrons. The van der Waals surface area contributed by atoms with Crippen molar-refractivity contribution in [2.75, 3.05) is 4.90 Å². The summed E-state index contributed by atoms with van der Waals surface area (Å²) in [4.78, 5) is 2.41. The molecule has 0 amide bonds. The predicted molar refractivity (Wildman–Crippen MR) is 284 cm³/mol. The fraction of sp³-hybridized carbons (Fsp3) is 0.121. The van der Waals surface area contributed by atoms with E-state index in [1.54, 1.807) is 0 Å². The Kier molecular flexibility index (Phi) is 8.50. The number of benzene rings is 9. The van der Waals surface area contributed by atoms with Crippen LogP contribution in [0.1, 0.15) is 72.8 Å². The molecule has 0 spiro atoms. The van der Waals surface area contributed by atoms with Crippen molar-refractivity contribution in [3.05, 3.63) is 245 Å². The molecule has 14 rings (SSSR count). The fourth-order valence-corrected chi connectivity index (χ4v) is 12.4. The van der Waals surface area contributed by atoms with E-state index in [9.17, 15) is 0 Å². The van der Waals surface area contributed by atoms with Crippen LogP contribution in [0.2, 0.25) is 0 Å². The van der Waals surface area contributed by atoms with E-state index >= 15 is 0 Å². The summed E-state index contributed by atoms with van der Waals surface area (Å²) in [5.74, 6) is 1.91. The molecule has 0 fully saturated rings. The van der Waals surface area contributed by atoms with Crippen LogP contribution in [0.5, 0.6) is 5.75 Å². The van der Waals surface area contributed by atoms with Gasteiger partial charge in [-0.1, -0.05) is 179 Å². The lowest BCUT2D eigenvalue weighted by Gasteiger charge is -2.28. The average molecular weight is 888 g/mol. The maximum atomic E-state index is 7.14. The third-order valence-corrected chi connectivity index (χ3v) is 15.9. The Bertz CT molecular complexity index is 3760. The molecule has 10 aromatic rings. The highest BCUT2D eigenvalue weighted by molar-refractivity contribution is 6.05. The minimum atomic E-state index is -0.154. The van der Waals surface area contributed by atoms with E-state index in [0.29, 0.717) is 0 Å². The maximum absolute atomic E-state index is 7.14. The van der Waals surface area contributed by atoms with Crippen LogP contribution in [0.4, 0.5) is 17.1 Å². The summed E-state index contributed by atoms with van der Waals surface area (Å²) in [5.41, 5.74) is 23.9. The molecule has 2 heterocycles. The number of furan rings is 1. The van der Waals surface area contributed by atoms with Crippen LogP contribution in [0.15, 0.2) is 211 Å². The number of nitrogens with zero attached hydrogens (tertiary/aromatic N) is 1. The molecule has 4 aliphatic rings. The molecular weight excluding hydrogens is 839 g/mol. The first-order valence-electron chi connectivity index (χ1n) is 24.3. The molecule has 3 heteroatoms. The van der Waals surface area contributed by atoms with Crippen LogP contribution in [0, 0.1) is 0 Å². The summed E-state index contributed by atoms with van der Waals surface area (Å²) < 4.78 is 13.7. The Hall–Kier alpha value is -8.14. The van der Waals surface area contributed by atoms with Crippen molar-refractivity contribution in [3.63, 3.8) is 0 Å². The number of hydrogen-bond acceptors (Lipinski definition) is 3. The summed E-state index contributed by atoms with van der Waals surface area (Å²) in [5, 5.41) is 1.13. The summed E-state index contributed by atoms with van der Waals surface area (Å²) in [6.07, 6.45) is 4.23. The molecule has 2 atom stereocenters. The van der Waals surface area contributed by atoms with Gasteiger partial charge in [-0.25, -0.2) is 0 Å². The molecule has 3 nitrogen and oxygen atoms in total. The van der Waals surface area contributed by atoms with E-state index < -0.39 is 0 Å². The van der Waals surface area contributed by atoms with Gasteiger partial charge >= 0.3 is 0 Å². The first-order valence-corrected chi connectivity index (χ1v) is 24.3. The van der Waals surface area contributed by atoms with Gasteiger partial charge in [0, 0.05) is 50.0 Å². The first-order chi connectivity index (χ1) is 33.7. The number of hydrogen-bond donors (Lipinski definition) is 0. The van der Waals surface area contributed by atoms with Gasteiger partial charge in [0.1, 0.15) is 23.2 Å². The van der Waals surface area contributed by atoms with E-state index in [0.717, 1.165) is 61.8 Å². The SMILES string of the molecule is CC1(C)c2ccccc2-c2ccc(-c3c(-c4ccc(N(c5ccc(-c6ccccc6)cc5)c5ccc6c(c5)C(C)(C)c5ccccc5-6)cc4)ccc4c5c(oc34)C=CC3Oc4ccccc4C53)cc21. The molecule has 2 unspecified atom stereocenters. The van der Waals surface area contributed by atoms with Crippen molar-refractivity contribution in [1.82, 2.24) is 0 Å². The van der Waals surface area contributed by atoms with Crippen molar-refractivity contribution < 1.29 is 9.15 Å². The lowest BCUT2D eigenvalue weighted by Crippen LogP contribution is -2.19. The first kappa shape index (κ1) is 40.0. The molecule has 0 saturated heterocycles. The number of fused-ring (bicyclic) bond motifs is 13. The Labute approximate surface area is 403 Å². The van der Waals surface area contributed by atoms with Crippen molar-refractivity contribution in [1.29, 1.82) is 0 Å². The predicted octanol–water partition coefficient (Wildman–Crippen LogP) is 17.4. The van der Waals surface area contributed by atoms with Crippen LogP contribution in [0.25, 0.3) is 72.7 Å². The van der Waals surface area contributed by atoms with Crippen LogP contribution in [0.3, 0.4) is 0 Å². The van der Waals surface area contributed by atoms with Gasteiger partial charge in [-0.3, -0.25) is 0 Å². The molecule has 3 aliphatic carbocycles. The summed E-state index contributed by atoms with van der Waals surface area (Å²) in [6.45, 7) is 9.43. The molecule has 0 N–H and O–H groups in total. The van der Waals surface area contributed by atoms with Gasteiger partial charge < -0.3 is 14.1 Å². The molecular formula is C66H49NO2.